The van der Waals surface area contributed by atoms with Crippen LogP contribution in [0.2, 0.25) is 0 Å². The van der Waals surface area contributed by atoms with Crippen LogP contribution in [0.3, 0.4) is 0 Å². The summed E-state index contributed by atoms with van der Waals surface area (Å²) >= 11 is 0. The van der Waals surface area contributed by atoms with Gasteiger partial charge in [0.1, 0.15) is 6.10 Å². The number of hydrogen-bond acceptors (Lipinski definition) is 3. The second kappa shape index (κ2) is 5.32. The summed E-state index contributed by atoms with van der Waals surface area (Å²) < 4.78 is 0. The molecule has 2 atom stereocenters. The van der Waals surface area contributed by atoms with Gasteiger partial charge < -0.3 is 15.7 Å². The maximum Gasteiger partial charge on any atom is 0.250 e. The lowest BCUT2D eigenvalue weighted by atomic mass is 9.80. The summed E-state index contributed by atoms with van der Waals surface area (Å²) in [7, 11) is 3.33. The number of carbonyl (C=O) groups excluding carboxylic acids is 1. The lowest BCUT2D eigenvalue weighted by molar-refractivity contribution is -0.130. The van der Waals surface area contributed by atoms with Crippen LogP contribution in [0.25, 0.3) is 0 Å². The highest BCUT2D eigenvalue weighted by Crippen LogP contribution is 2.30. The lowest BCUT2D eigenvalue weighted by Crippen LogP contribution is -2.48. The van der Waals surface area contributed by atoms with Crippen LogP contribution in [0.15, 0.2) is 0 Å². The van der Waals surface area contributed by atoms with Gasteiger partial charge in [0, 0.05) is 13.1 Å². The number of likely N-dealkylation sites (N-methyl/N-ethyl adjacent to an activating group) is 2. The topological polar surface area (TPSA) is 61.4 Å². The van der Waals surface area contributed by atoms with E-state index < -0.39 is 6.10 Å². The fourth-order valence-electron chi connectivity index (χ4n) is 1.82. The molecule has 0 heterocycles. The van der Waals surface area contributed by atoms with E-state index in [0.29, 0.717) is 5.92 Å². The fraction of sp³-hybridized carbons (Fsp3) is 0.900. The van der Waals surface area contributed by atoms with Gasteiger partial charge in [0.15, 0.2) is 0 Å². The monoisotopic (exact) mass is 200 g/mol. The Morgan fingerprint density at radius 1 is 1.50 bits per heavy atom. The Balaban J connectivity index is 2.38. The quantitative estimate of drug-likeness (QED) is 0.579. The van der Waals surface area contributed by atoms with Crippen LogP contribution in [0.5, 0.6) is 0 Å². The van der Waals surface area contributed by atoms with Gasteiger partial charge in [-0.15, -0.1) is 0 Å². The minimum Gasteiger partial charge on any atom is -0.382 e. The van der Waals surface area contributed by atoms with Gasteiger partial charge in [-0.25, -0.2) is 0 Å². The van der Waals surface area contributed by atoms with Crippen molar-refractivity contribution in [2.45, 2.75) is 37.8 Å². The second-order valence-corrected chi connectivity index (χ2v) is 3.99. The van der Waals surface area contributed by atoms with E-state index in [2.05, 4.69) is 10.6 Å². The highest BCUT2D eigenvalue weighted by Gasteiger charge is 2.28. The summed E-state index contributed by atoms with van der Waals surface area (Å²) in [6.07, 6.45) is 3.73. The van der Waals surface area contributed by atoms with Crippen molar-refractivity contribution in [1.29, 1.82) is 0 Å². The molecular weight excluding hydrogens is 180 g/mol. The lowest BCUT2D eigenvalue weighted by Gasteiger charge is -2.31. The van der Waals surface area contributed by atoms with Gasteiger partial charge in [-0.3, -0.25) is 4.79 Å². The summed E-state index contributed by atoms with van der Waals surface area (Å²) in [4.78, 5) is 11.2. The molecule has 1 aliphatic rings. The molecule has 1 aliphatic carbocycles. The van der Waals surface area contributed by atoms with Crippen molar-refractivity contribution in [3.05, 3.63) is 0 Å². The average molecular weight is 200 g/mol. The van der Waals surface area contributed by atoms with Gasteiger partial charge in [-0.05, 0) is 19.4 Å². The number of aliphatic hydroxyl groups is 1. The van der Waals surface area contributed by atoms with Crippen LogP contribution in [0.4, 0.5) is 0 Å². The molecule has 1 saturated carbocycles. The highest BCUT2D eigenvalue weighted by atomic mass is 16.3. The van der Waals surface area contributed by atoms with Crippen molar-refractivity contribution < 1.29 is 9.90 Å². The van der Waals surface area contributed by atoms with Crippen molar-refractivity contribution in [1.82, 2.24) is 10.6 Å². The standard InChI is InChI=1S/C10H20N2O2/c1-11-8(6-7-4-3-5-7)9(13)10(14)12-2/h7-9,11,13H,3-6H2,1-2H3,(H,12,14). The van der Waals surface area contributed by atoms with E-state index in [-0.39, 0.29) is 11.9 Å². The predicted octanol–water partition coefficient (Wildman–Crippen LogP) is -0.128. The summed E-state index contributed by atoms with van der Waals surface area (Å²) in [6, 6.07) is -0.111. The highest BCUT2D eigenvalue weighted by molar-refractivity contribution is 5.80. The molecule has 2 unspecified atom stereocenters. The maximum atomic E-state index is 11.2. The van der Waals surface area contributed by atoms with E-state index in [1.807, 2.05) is 0 Å². The SMILES string of the molecule is CNC(=O)C(O)C(CC1CCC1)NC. The summed E-state index contributed by atoms with van der Waals surface area (Å²) in [5, 5.41) is 15.1. The van der Waals surface area contributed by atoms with E-state index in [0.717, 1.165) is 6.42 Å². The number of carbonyl (C=O) groups is 1. The Bertz CT molecular complexity index is 193. The first-order valence-corrected chi connectivity index (χ1v) is 5.26. The molecule has 82 valence electrons. The van der Waals surface area contributed by atoms with Crippen LogP contribution in [-0.2, 0) is 4.79 Å². The summed E-state index contributed by atoms with van der Waals surface area (Å²) in [5.74, 6) is 0.385. The molecule has 0 saturated heterocycles. The molecule has 4 nitrogen and oxygen atoms in total. The third-order valence-electron chi connectivity index (χ3n) is 3.08. The summed E-state index contributed by atoms with van der Waals surface area (Å²) in [5.41, 5.74) is 0. The van der Waals surface area contributed by atoms with E-state index in [9.17, 15) is 9.90 Å². The van der Waals surface area contributed by atoms with E-state index >= 15 is 0 Å². The maximum absolute atomic E-state index is 11.2. The predicted molar refractivity (Wildman–Crippen MR) is 54.9 cm³/mol. The molecule has 14 heavy (non-hydrogen) atoms. The molecule has 0 aromatic rings. The van der Waals surface area contributed by atoms with Gasteiger partial charge in [-0.1, -0.05) is 19.3 Å². The van der Waals surface area contributed by atoms with E-state index in [1.165, 1.54) is 19.3 Å². The van der Waals surface area contributed by atoms with Crippen LogP contribution in [0.1, 0.15) is 25.7 Å². The zero-order chi connectivity index (χ0) is 10.6. The van der Waals surface area contributed by atoms with Gasteiger partial charge in [0.25, 0.3) is 0 Å². The van der Waals surface area contributed by atoms with Crippen LogP contribution >= 0.6 is 0 Å². The average Bonchev–Trinajstić information content (AvgIpc) is 2.14. The van der Waals surface area contributed by atoms with Crippen molar-refractivity contribution in [3.8, 4) is 0 Å². The minimum absolute atomic E-state index is 0.111. The Morgan fingerprint density at radius 3 is 2.50 bits per heavy atom. The normalized spacial score (nSPS) is 21.1. The first kappa shape index (κ1) is 11.5. The summed E-state index contributed by atoms with van der Waals surface area (Å²) in [6.45, 7) is 0. The van der Waals surface area contributed by atoms with Crippen molar-refractivity contribution in [2.24, 2.45) is 5.92 Å². The van der Waals surface area contributed by atoms with E-state index in [4.69, 9.17) is 0 Å². The number of rotatable bonds is 5. The van der Waals surface area contributed by atoms with Crippen LogP contribution in [0, 0.1) is 5.92 Å². The Kier molecular flexibility index (Phi) is 4.35. The fourth-order valence-corrected chi connectivity index (χ4v) is 1.82. The number of aliphatic hydroxyl groups excluding tert-OH is 1. The number of nitrogens with one attached hydrogen (secondary N) is 2. The molecular formula is C10H20N2O2. The Hall–Kier alpha value is -0.610. The Labute approximate surface area is 85.1 Å². The minimum atomic E-state index is -0.925. The molecule has 3 N–H and O–H groups in total. The van der Waals surface area contributed by atoms with Gasteiger partial charge in [0.05, 0.1) is 0 Å². The molecule has 0 aromatic heterocycles. The van der Waals surface area contributed by atoms with Crippen molar-refractivity contribution in [3.63, 3.8) is 0 Å². The van der Waals surface area contributed by atoms with E-state index in [1.54, 1.807) is 14.1 Å². The zero-order valence-corrected chi connectivity index (χ0v) is 8.92. The van der Waals surface area contributed by atoms with Crippen LogP contribution < -0.4 is 10.6 Å². The molecule has 0 aromatic carbocycles. The zero-order valence-electron chi connectivity index (χ0n) is 8.92. The van der Waals surface area contributed by atoms with Gasteiger partial charge >= 0.3 is 0 Å². The number of amides is 1. The Morgan fingerprint density at radius 2 is 2.14 bits per heavy atom. The van der Waals surface area contributed by atoms with Gasteiger partial charge in [-0.2, -0.15) is 0 Å². The first-order valence-electron chi connectivity index (χ1n) is 5.26. The molecule has 1 rings (SSSR count). The van der Waals surface area contributed by atoms with Crippen LogP contribution in [-0.4, -0.2) is 37.3 Å². The third kappa shape index (κ3) is 2.69. The second-order valence-electron chi connectivity index (χ2n) is 3.99. The van der Waals surface area contributed by atoms with Crippen molar-refractivity contribution in [2.75, 3.05) is 14.1 Å². The van der Waals surface area contributed by atoms with Gasteiger partial charge in [0.2, 0.25) is 5.91 Å². The smallest absolute Gasteiger partial charge is 0.250 e. The third-order valence-corrected chi connectivity index (χ3v) is 3.08. The molecule has 4 heteroatoms. The molecule has 0 spiro atoms. The molecule has 0 aliphatic heterocycles. The van der Waals surface area contributed by atoms with Crippen molar-refractivity contribution >= 4 is 5.91 Å². The molecule has 1 fully saturated rings. The first-order chi connectivity index (χ1) is 6.69. The largest absolute Gasteiger partial charge is 0.382 e. The molecule has 0 bridgehead atoms. The molecule has 0 radical (unpaired) electrons. The number of hydrogen-bond donors (Lipinski definition) is 3. The molecule has 1 amide bonds.